The lowest BCUT2D eigenvalue weighted by Crippen LogP contribution is -1.84. The first kappa shape index (κ1) is 11.3. The summed E-state index contributed by atoms with van der Waals surface area (Å²) in [5.41, 5.74) is 1.43. The molecule has 0 bridgehead atoms. The van der Waals surface area contributed by atoms with Gasteiger partial charge in [-0.3, -0.25) is 0 Å². The highest BCUT2D eigenvalue weighted by molar-refractivity contribution is 5.11. The van der Waals surface area contributed by atoms with Crippen molar-refractivity contribution < 1.29 is 0 Å². The number of hydrogen-bond acceptors (Lipinski definition) is 0. The molecule has 0 heteroatoms. The Morgan fingerprint density at radius 1 is 1.43 bits per heavy atom. The first-order valence-corrected chi connectivity index (χ1v) is 5.83. The Balaban J connectivity index is 2.14. The van der Waals surface area contributed by atoms with E-state index in [0.717, 1.165) is 5.92 Å². The van der Waals surface area contributed by atoms with Crippen LogP contribution in [0.25, 0.3) is 0 Å². The van der Waals surface area contributed by atoms with Gasteiger partial charge < -0.3 is 0 Å². The van der Waals surface area contributed by atoms with Crippen molar-refractivity contribution in [3.05, 3.63) is 36.5 Å². The summed E-state index contributed by atoms with van der Waals surface area (Å²) < 4.78 is 0. The molecule has 1 saturated carbocycles. The fourth-order valence-corrected chi connectivity index (χ4v) is 1.85. The van der Waals surface area contributed by atoms with Crippen LogP contribution in [0.4, 0.5) is 0 Å². The van der Waals surface area contributed by atoms with Gasteiger partial charge in [-0.25, -0.2) is 0 Å². The Labute approximate surface area is 88.4 Å². The molecule has 1 fully saturated rings. The summed E-state index contributed by atoms with van der Waals surface area (Å²) in [7, 11) is 0. The van der Waals surface area contributed by atoms with E-state index in [4.69, 9.17) is 0 Å². The van der Waals surface area contributed by atoms with Gasteiger partial charge in [0.25, 0.3) is 0 Å². The van der Waals surface area contributed by atoms with Crippen LogP contribution < -0.4 is 0 Å². The smallest absolute Gasteiger partial charge is 0.0190 e. The normalized spacial score (nSPS) is 22.9. The van der Waals surface area contributed by atoms with Gasteiger partial charge in [0.1, 0.15) is 0 Å². The van der Waals surface area contributed by atoms with Crippen LogP contribution in [0, 0.1) is 5.92 Å². The number of unbranched alkanes of at least 4 members (excludes halogenated alkanes) is 2. The van der Waals surface area contributed by atoms with Crippen molar-refractivity contribution in [1.29, 1.82) is 0 Å². The van der Waals surface area contributed by atoms with Gasteiger partial charge in [-0.05, 0) is 31.6 Å². The van der Waals surface area contributed by atoms with E-state index in [-0.39, 0.29) is 0 Å². The molecule has 1 aliphatic rings. The topological polar surface area (TPSA) is 0 Å². The molecule has 0 aromatic heterocycles. The van der Waals surface area contributed by atoms with E-state index in [2.05, 4.69) is 37.8 Å². The second-order valence-corrected chi connectivity index (χ2v) is 4.21. The van der Waals surface area contributed by atoms with E-state index in [1.807, 2.05) is 0 Å². The van der Waals surface area contributed by atoms with Crippen molar-refractivity contribution in [3.8, 4) is 0 Å². The molecule has 0 amide bonds. The fraction of sp³-hybridized carbons (Fsp3) is 0.571. The SMILES string of the molecule is C=C1CCC(/C=C/C=C/CCCC)C1. The Kier molecular flexibility index (Phi) is 5.36. The van der Waals surface area contributed by atoms with Crippen molar-refractivity contribution in [2.45, 2.75) is 45.4 Å². The van der Waals surface area contributed by atoms with E-state index in [0.29, 0.717) is 0 Å². The van der Waals surface area contributed by atoms with Gasteiger partial charge in [-0.15, -0.1) is 0 Å². The lowest BCUT2D eigenvalue weighted by Gasteiger charge is -1.97. The predicted octanol–water partition coefficient (Wildman–Crippen LogP) is 4.65. The maximum atomic E-state index is 4.02. The largest absolute Gasteiger partial charge is 0.0998 e. The van der Waals surface area contributed by atoms with Crippen LogP contribution in [0.15, 0.2) is 36.5 Å². The second kappa shape index (κ2) is 6.64. The van der Waals surface area contributed by atoms with Gasteiger partial charge in [0.05, 0.1) is 0 Å². The van der Waals surface area contributed by atoms with Crippen LogP contribution in [-0.2, 0) is 0 Å². The third-order valence-electron chi connectivity index (χ3n) is 2.77. The van der Waals surface area contributed by atoms with Gasteiger partial charge in [-0.2, -0.15) is 0 Å². The van der Waals surface area contributed by atoms with Crippen molar-refractivity contribution in [2.75, 3.05) is 0 Å². The molecule has 1 rings (SSSR count). The Morgan fingerprint density at radius 3 is 2.93 bits per heavy atom. The minimum absolute atomic E-state index is 0.762. The lowest BCUT2D eigenvalue weighted by molar-refractivity contribution is 0.694. The summed E-state index contributed by atoms with van der Waals surface area (Å²) in [6.45, 7) is 6.25. The first-order valence-electron chi connectivity index (χ1n) is 5.83. The summed E-state index contributed by atoms with van der Waals surface area (Å²) in [5, 5.41) is 0. The molecular weight excluding hydrogens is 168 g/mol. The molecule has 78 valence electrons. The van der Waals surface area contributed by atoms with Gasteiger partial charge in [0, 0.05) is 0 Å². The molecule has 0 radical (unpaired) electrons. The third kappa shape index (κ3) is 4.45. The molecule has 0 spiro atoms. The molecule has 0 saturated heterocycles. The molecule has 0 heterocycles. The van der Waals surface area contributed by atoms with Crippen LogP contribution >= 0.6 is 0 Å². The summed E-state index contributed by atoms with van der Waals surface area (Å²) in [6.07, 6.45) is 16.6. The molecule has 0 aromatic rings. The average Bonchev–Trinajstić information content (AvgIpc) is 2.58. The lowest BCUT2D eigenvalue weighted by atomic mass is 10.1. The number of rotatable bonds is 5. The van der Waals surface area contributed by atoms with E-state index < -0.39 is 0 Å². The number of hydrogen-bond donors (Lipinski definition) is 0. The molecule has 0 nitrogen and oxygen atoms in total. The summed E-state index contributed by atoms with van der Waals surface area (Å²) in [6, 6.07) is 0. The first-order chi connectivity index (χ1) is 6.83. The van der Waals surface area contributed by atoms with Crippen LogP contribution in [0.1, 0.15) is 45.4 Å². The van der Waals surface area contributed by atoms with Crippen LogP contribution in [0.5, 0.6) is 0 Å². The minimum Gasteiger partial charge on any atom is -0.0998 e. The van der Waals surface area contributed by atoms with Gasteiger partial charge in [-0.1, -0.05) is 56.2 Å². The van der Waals surface area contributed by atoms with Crippen LogP contribution in [-0.4, -0.2) is 0 Å². The van der Waals surface area contributed by atoms with E-state index in [1.54, 1.807) is 0 Å². The molecular formula is C14H22. The zero-order chi connectivity index (χ0) is 10.2. The van der Waals surface area contributed by atoms with Crippen LogP contribution in [0.3, 0.4) is 0 Å². The molecule has 1 aliphatic carbocycles. The Bertz CT molecular complexity index is 220. The predicted molar refractivity (Wildman–Crippen MR) is 64.3 cm³/mol. The zero-order valence-electron chi connectivity index (χ0n) is 9.34. The minimum atomic E-state index is 0.762. The van der Waals surface area contributed by atoms with Crippen molar-refractivity contribution in [1.82, 2.24) is 0 Å². The summed E-state index contributed by atoms with van der Waals surface area (Å²) >= 11 is 0. The van der Waals surface area contributed by atoms with Gasteiger partial charge >= 0.3 is 0 Å². The molecule has 0 aliphatic heterocycles. The summed E-state index contributed by atoms with van der Waals surface area (Å²) in [4.78, 5) is 0. The van der Waals surface area contributed by atoms with Gasteiger partial charge in [0.2, 0.25) is 0 Å². The zero-order valence-corrected chi connectivity index (χ0v) is 9.34. The second-order valence-electron chi connectivity index (χ2n) is 4.21. The quantitative estimate of drug-likeness (QED) is 0.336. The fourth-order valence-electron chi connectivity index (χ4n) is 1.85. The van der Waals surface area contributed by atoms with Crippen molar-refractivity contribution in [2.24, 2.45) is 5.92 Å². The standard InChI is InChI=1S/C14H22/c1-3-4-5-6-7-8-9-14-11-10-13(2)12-14/h6-9,14H,2-5,10-12H2,1H3/b7-6+,9-8+. The third-order valence-corrected chi connectivity index (χ3v) is 2.77. The molecule has 0 aromatic carbocycles. The highest BCUT2D eigenvalue weighted by atomic mass is 14.2. The Hall–Kier alpha value is -0.780. The molecule has 1 atom stereocenters. The Morgan fingerprint density at radius 2 is 2.29 bits per heavy atom. The van der Waals surface area contributed by atoms with E-state index >= 15 is 0 Å². The highest BCUT2D eigenvalue weighted by Gasteiger charge is 2.13. The molecule has 14 heavy (non-hydrogen) atoms. The van der Waals surface area contributed by atoms with E-state index in [9.17, 15) is 0 Å². The monoisotopic (exact) mass is 190 g/mol. The maximum absolute atomic E-state index is 4.02. The summed E-state index contributed by atoms with van der Waals surface area (Å²) in [5.74, 6) is 0.762. The molecule has 1 unspecified atom stereocenters. The average molecular weight is 190 g/mol. The number of allylic oxidation sites excluding steroid dienone is 5. The van der Waals surface area contributed by atoms with Crippen molar-refractivity contribution >= 4 is 0 Å². The maximum Gasteiger partial charge on any atom is -0.0190 e. The van der Waals surface area contributed by atoms with Crippen molar-refractivity contribution in [3.63, 3.8) is 0 Å². The van der Waals surface area contributed by atoms with E-state index in [1.165, 1.54) is 44.1 Å². The highest BCUT2D eigenvalue weighted by Crippen LogP contribution is 2.29. The van der Waals surface area contributed by atoms with Crippen LogP contribution in [0.2, 0.25) is 0 Å². The van der Waals surface area contributed by atoms with Gasteiger partial charge in [0.15, 0.2) is 0 Å². The molecule has 0 N–H and O–H groups in total.